The fourth-order valence-corrected chi connectivity index (χ4v) is 3.23. The summed E-state index contributed by atoms with van der Waals surface area (Å²) in [6.45, 7) is 3.66. The van der Waals surface area contributed by atoms with E-state index in [1.165, 1.54) is 23.5 Å². The lowest BCUT2D eigenvalue weighted by Gasteiger charge is -2.12. The Hall–Kier alpha value is -2.65. The lowest BCUT2D eigenvalue weighted by atomic mass is 10.2. The molecule has 0 saturated heterocycles. The van der Waals surface area contributed by atoms with E-state index < -0.39 is 0 Å². The van der Waals surface area contributed by atoms with Crippen LogP contribution in [0.4, 0.5) is 5.69 Å². The monoisotopic (exact) mass is 407 g/mol. The van der Waals surface area contributed by atoms with Gasteiger partial charge in [0.05, 0.1) is 30.4 Å². The molecular formula is C17H18ClN5O3S. The number of ether oxygens (including phenoxy) is 1. The van der Waals surface area contributed by atoms with E-state index in [1.807, 2.05) is 13.8 Å². The average molecular weight is 408 g/mol. The molecule has 0 aliphatic heterocycles. The zero-order valence-corrected chi connectivity index (χ0v) is 16.5. The highest BCUT2D eigenvalue weighted by molar-refractivity contribution is 7.99. The molecule has 1 amide bonds. The number of thioether (sulfide) groups is 1. The molecule has 0 fully saturated rings. The topological polar surface area (TPSA) is 108 Å². The number of furan rings is 1. The summed E-state index contributed by atoms with van der Waals surface area (Å²) in [7, 11) is 1.52. The van der Waals surface area contributed by atoms with Crippen molar-refractivity contribution in [3.63, 3.8) is 0 Å². The molecule has 8 nitrogen and oxygen atoms in total. The van der Waals surface area contributed by atoms with Gasteiger partial charge in [0.2, 0.25) is 11.1 Å². The summed E-state index contributed by atoms with van der Waals surface area (Å²) in [5.41, 5.74) is 2.14. The zero-order valence-electron chi connectivity index (χ0n) is 14.9. The first kappa shape index (κ1) is 19.1. The second-order valence-electron chi connectivity index (χ2n) is 5.71. The van der Waals surface area contributed by atoms with Gasteiger partial charge in [-0.05, 0) is 31.5 Å². The number of benzene rings is 1. The molecule has 3 aromatic rings. The smallest absolute Gasteiger partial charge is 0.234 e. The number of carbonyl (C=O) groups excluding carboxylic acids is 1. The van der Waals surface area contributed by atoms with Crippen molar-refractivity contribution in [1.82, 2.24) is 14.9 Å². The van der Waals surface area contributed by atoms with Crippen LogP contribution in [0.1, 0.15) is 11.3 Å². The molecule has 0 atom stereocenters. The van der Waals surface area contributed by atoms with Crippen LogP contribution in [-0.2, 0) is 4.79 Å². The van der Waals surface area contributed by atoms with Crippen molar-refractivity contribution in [2.45, 2.75) is 19.0 Å². The van der Waals surface area contributed by atoms with Gasteiger partial charge in [0, 0.05) is 11.1 Å². The van der Waals surface area contributed by atoms with Crippen LogP contribution in [-0.4, -0.2) is 33.6 Å². The molecule has 0 aliphatic carbocycles. The molecule has 0 radical (unpaired) electrons. The maximum absolute atomic E-state index is 12.3. The number of hydrogen-bond donors (Lipinski definition) is 2. The molecule has 142 valence electrons. The molecule has 0 unspecified atom stereocenters. The number of aryl methyl sites for hydroxylation is 2. The Kier molecular flexibility index (Phi) is 5.62. The number of amides is 1. The second kappa shape index (κ2) is 7.93. The molecule has 0 spiro atoms. The summed E-state index contributed by atoms with van der Waals surface area (Å²) in [4.78, 5) is 12.3. The van der Waals surface area contributed by atoms with E-state index in [9.17, 15) is 4.79 Å². The summed E-state index contributed by atoms with van der Waals surface area (Å²) >= 11 is 7.25. The molecule has 3 rings (SSSR count). The lowest BCUT2D eigenvalue weighted by molar-refractivity contribution is -0.113. The first-order valence-corrected chi connectivity index (χ1v) is 9.28. The number of halogens is 1. The maximum atomic E-state index is 12.3. The third-order valence-electron chi connectivity index (χ3n) is 3.85. The molecule has 2 heterocycles. The van der Waals surface area contributed by atoms with Crippen LogP contribution < -0.4 is 15.9 Å². The third-order valence-corrected chi connectivity index (χ3v) is 5.20. The van der Waals surface area contributed by atoms with Crippen molar-refractivity contribution in [1.29, 1.82) is 0 Å². The van der Waals surface area contributed by atoms with Gasteiger partial charge in [0.15, 0.2) is 5.82 Å². The average Bonchev–Trinajstić information content (AvgIpc) is 3.21. The number of nitrogens with one attached hydrogen (secondary N) is 1. The first-order chi connectivity index (χ1) is 12.9. The number of carbonyl (C=O) groups is 1. The van der Waals surface area contributed by atoms with Gasteiger partial charge in [0.25, 0.3) is 0 Å². The van der Waals surface area contributed by atoms with Gasteiger partial charge in [-0.3, -0.25) is 4.79 Å². The Balaban J connectivity index is 1.68. The number of rotatable bonds is 6. The van der Waals surface area contributed by atoms with Crippen molar-refractivity contribution in [2.75, 3.05) is 24.0 Å². The van der Waals surface area contributed by atoms with Crippen molar-refractivity contribution < 1.29 is 13.9 Å². The van der Waals surface area contributed by atoms with Crippen LogP contribution in [0.5, 0.6) is 5.75 Å². The third kappa shape index (κ3) is 4.04. The molecule has 3 N–H and O–H groups in total. The van der Waals surface area contributed by atoms with Crippen LogP contribution in [0, 0.1) is 13.8 Å². The predicted octanol–water partition coefficient (Wildman–Crippen LogP) is 3.26. The maximum Gasteiger partial charge on any atom is 0.234 e. The minimum atomic E-state index is -0.232. The van der Waals surface area contributed by atoms with Gasteiger partial charge in [-0.1, -0.05) is 23.4 Å². The second-order valence-corrected chi connectivity index (χ2v) is 7.05. The fraction of sp³-hybridized carbons (Fsp3) is 0.235. The standard InChI is InChI=1S/C17H18ClN5O3S/c1-9-6-13(14(25-3)7-12(9)18)20-15(24)8-27-17-22-21-16(23(17)19)11-4-5-26-10(11)2/h4-7H,8,19H2,1-3H3,(H,20,24). The molecule has 0 bridgehead atoms. The predicted molar refractivity (Wildman–Crippen MR) is 105 cm³/mol. The number of nitrogens with zero attached hydrogens (tertiary/aromatic N) is 3. The van der Waals surface area contributed by atoms with Crippen LogP contribution in [0.3, 0.4) is 0 Å². The summed E-state index contributed by atoms with van der Waals surface area (Å²) in [5.74, 6) is 7.57. The van der Waals surface area contributed by atoms with E-state index in [2.05, 4.69) is 15.5 Å². The van der Waals surface area contributed by atoms with E-state index in [0.29, 0.717) is 33.2 Å². The molecule has 2 aromatic heterocycles. The molecule has 0 saturated carbocycles. The Labute approximate surface area is 165 Å². The number of anilines is 1. The Bertz CT molecular complexity index is 985. The van der Waals surface area contributed by atoms with Crippen molar-refractivity contribution in [2.24, 2.45) is 0 Å². The lowest BCUT2D eigenvalue weighted by Crippen LogP contribution is -2.17. The summed E-state index contributed by atoms with van der Waals surface area (Å²) in [5, 5.41) is 11.9. The minimum absolute atomic E-state index is 0.102. The van der Waals surface area contributed by atoms with E-state index >= 15 is 0 Å². The SMILES string of the molecule is COc1cc(Cl)c(C)cc1NC(=O)CSc1nnc(-c2ccoc2C)n1N. The van der Waals surface area contributed by atoms with Gasteiger partial charge in [-0.15, -0.1) is 10.2 Å². The van der Waals surface area contributed by atoms with Crippen LogP contribution in [0.25, 0.3) is 11.4 Å². The van der Waals surface area contributed by atoms with Gasteiger partial charge in [-0.25, -0.2) is 4.68 Å². The van der Waals surface area contributed by atoms with Gasteiger partial charge < -0.3 is 20.3 Å². The van der Waals surface area contributed by atoms with E-state index in [-0.39, 0.29) is 11.7 Å². The summed E-state index contributed by atoms with van der Waals surface area (Å²) < 4.78 is 11.9. The van der Waals surface area contributed by atoms with Crippen LogP contribution in [0.2, 0.25) is 5.02 Å². The number of hydrogen-bond acceptors (Lipinski definition) is 7. The molecule has 27 heavy (non-hydrogen) atoms. The largest absolute Gasteiger partial charge is 0.495 e. The van der Waals surface area contributed by atoms with Gasteiger partial charge in [0.1, 0.15) is 11.5 Å². The normalized spacial score (nSPS) is 10.8. The van der Waals surface area contributed by atoms with E-state index in [0.717, 1.165) is 11.1 Å². The summed E-state index contributed by atoms with van der Waals surface area (Å²) in [6.07, 6.45) is 1.56. The Morgan fingerprint density at radius 2 is 2.19 bits per heavy atom. The highest BCUT2D eigenvalue weighted by Gasteiger charge is 2.17. The molecule has 1 aromatic carbocycles. The van der Waals surface area contributed by atoms with Gasteiger partial charge >= 0.3 is 0 Å². The van der Waals surface area contributed by atoms with Crippen LogP contribution >= 0.6 is 23.4 Å². The van der Waals surface area contributed by atoms with Gasteiger partial charge in [-0.2, -0.15) is 0 Å². The number of nitrogen functional groups attached to an aromatic ring is 1. The van der Waals surface area contributed by atoms with Crippen LogP contribution in [0.15, 0.2) is 34.0 Å². The number of aromatic nitrogens is 3. The Morgan fingerprint density at radius 3 is 2.85 bits per heavy atom. The summed E-state index contributed by atoms with van der Waals surface area (Å²) in [6, 6.07) is 5.18. The Morgan fingerprint density at radius 1 is 1.41 bits per heavy atom. The van der Waals surface area contributed by atoms with E-state index in [1.54, 1.807) is 24.5 Å². The minimum Gasteiger partial charge on any atom is -0.495 e. The zero-order chi connectivity index (χ0) is 19.6. The van der Waals surface area contributed by atoms with Crippen molar-refractivity contribution in [3.8, 4) is 17.1 Å². The van der Waals surface area contributed by atoms with E-state index in [4.69, 9.17) is 26.6 Å². The molecule has 0 aliphatic rings. The quantitative estimate of drug-likeness (QED) is 0.476. The molecular weight excluding hydrogens is 390 g/mol. The van der Waals surface area contributed by atoms with Crippen molar-refractivity contribution in [3.05, 3.63) is 40.8 Å². The first-order valence-electron chi connectivity index (χ1n) is 7.92. The number of methoxy groups -OCH3 is 1. The highest BCUT2D eigenvalue weighted by Crippen LogP contribution is 2.31. The molecule has 10 heteroatoms. The fourth-order valence-electron chi connectivity index (χ4n) is 2.42. The van der Waals surface area contributed by atoms with Crippen molar-refractivity contribution >= 4 is 35.0 Å². The highest BCUT2D eigenvalue weighted by atomic mass is 35.5. The number of nitrogens with two attached hydrogens (primary N) is 1.